The van der Waals surface area contributed by atoms with Crippen molar-refractivity contribution in [1.82, 2.24) is 34.7 Å². The van der Waals surface area contributed by atoms with Gasteiger partial charge in [0.25, 0.3) is 0 Å². The Balaban J connectivity index is 1.69. The van der Waals surface area contributed by atoms with Gasteiger partial charge in [0.05, 0.1) is 41.1 Å². The number of rotatable bonds is 8. The van der Waals surface area contributed by atoms with E-state index in [9.17, 15) is 5.11 Å². The molecule has 2 N–H and O–H groups in total. The largest absolute Gasteiger partial charge is 0.390 e. The van der Waals surface area contributed by atoms with E-state index >= 15 is 0 Å². The van der Waals surface area contributed by atoms with Crippen LogP contribution in [0.5, 0.6) is 0 Å². The van der Waals surface area contributed by atoms with Crippen molar-refractivity contribution < 1.29 is 5.11 Å². The Kier molecular flexibility index (Phi) is 5.83. The van der Waals surface area contributed by atoms with Crippen LogP contribution < -0.4 is 5.32 Å². The molecular formula is C22H25N9O. The Morgan fingerprint density at radius 1 is 1.19 bits per heavy atom. The highest BCUT2D eigenvalue weighted by molar-refractivity contribution is 5.77. The molecule has 4 rings (SSSR count). The minimum absolute atomic E-state index is 0.484. The first kappa shape index (κ1) is 21.4. The van der Waals surface area contributed by atoms with Gasteiger partial charge in [0.1, 0.15) is 11.8 Å². The van der Waals surface area contributed by atoms with Crippen LogP contribution in [0.4, 0.5) is 5.69 Å². The molecule has 0 bridgehead atoms. The van der Waals surface area contributed by atoms with Crippen LogP contribution in [-0.4, -0.2) is 52.0 Å². The normalized spacial score (nSPS) is 11.6. The lowest BCUT2D eigenvalue weighted by Gasteiger charge is -2.15. The monoisotopic (exact) mass is 431 g/mol. The number of fused-ring (bicyclic) bond motifs is 1. The first-order chi connectivity index (χ1) is 15.4. The minimum atomic E-state index is -0.755. The first-order valence-electron chi connectivity index (χ1n) is 10.5. The van der Waals surface area contributed by atoms with Crippen molar-refractivity contribution in [2.45, 2.75) is 45.6 Å². The van der Waals surface area contributed by atoms with Gasteiger partial charge in [0, 0.05) is 24.2 Å². The molecular weight excluding hydrogens is 406 g/mol. The first-order valence-corrected chi connectivity index (χ1v) is 10.5. The Labute approximate surface area is 185 Å². The molecule has 4 heterocycles. The lowest BCUT2D eigenvalue weighted by molar-refractivity contribution is 0.0711. The van der Waals surface area contributed by atoms with Crippen molar-refractivity contribution in [3.05, 3.63) is 48.2 Å². The molecule has 4 aromatic heterocycles. The summed E-state index contributed by atoms with van der Waals surface area (Å²) >= 11 is 0. The second-order valence-corrected chi connectivity index (χ2v) is 8.26. The summed E-state index contributed by atoms with van der Waals surface area (Å²) in [6.07, 6.45) is 8.94. The van der Waals surface area contributed by atoms with Crippen molar-refractivity contribution in [2.75, 3.05) is 11.9 Å². The lowest BCUT2D eigenvalue weighted by atomic mass is 10.0. The fraction of sp³-hybridized carbons (Fsp3) is 0.364. The molecule has 0 aromatic carbocycles. The zero-order valence-corrected chi connectivity index (χ0v) is 18.3. The van der Waals surface area contributed by atoms with Crippen molar-refractivity contribution in [2.24, 2.45) is 0 Å². The molecule has 0 unspecified atom stereocenters. The standard InChI is InChI=1S/C22H25N9O/c1-4-7-24-18-9-20(31-21-16(12-27-31)8-15(10-23)11-26-21)25-13-19(18)30-14-17(28-29-30)5-6-22(2,3)32/h8-9,11-14,32H,4-7H2,1-3H3,(H,24,25). The molecule has 0 aliphatic heterocycles. The third-order valence-electron chi connectivity index (χ3n) is 4.97. The maximum atomic E-state index is 9.97. The van der Waals surface area contributed by atoms with Crippen LogP contribution in [0.25, 0.3) is 22.5 Å². The molecule has 0 spiro atoms. The number of pyridine rings is 2. The van der Waals surface area contributed by atoms with Gasteiger partial charge in [-0.3, -0.25) is 0 Å². The van der Waals surface area contributed by atoms with Gasteiger partial charge in [0.2, 0.25) is 0 Å². The second-order valence-electron chi connectivity index (χ2n) is 8.26. The predicted molar refractivity (Wildman–Crippen MR) is 120 cm³/mol. The van der Waals surface area contributed by atoms with Gasteiger partial charge < -0.3 is 10.4 Å². The van der Waals surface area contributed by atoms with Crippen LogP contribution in [0.1, 0.15) is 44.9 Å². The smallest absolute Gasteiger partial charge is 0.164 e. The van der Waals surface area contributed by atoms with Crippen LogP contribution in [0.3, 0.4) is 0 Å². The van der Waals surface area contributed by atoms with Crippen molar-refractivity contribution >= 4 is 16.7 Å². The van der Waals surface area contributed by atoms with Crippen LogP contribution in [0.15, 0.2) is 36.9 Å². The molecule has 0 fully saturated rings. The van der Waals surface area contributed by atoms with Gasteiger partial charge in [-0.15, -0.1) is 5.10 Å². The zero-order valence-electron chi connectivity index (χ0n) is 18.3. The molecule has 164 valence electrons. The average molecular weight is 432 g/mol. The fourth-order valence-electron chi connectivity index (χ4n) is 3.25. The number of anilines is 1. The summed E-state index contributed by atoms with van der Waals surface area (Å²) in [4.78, 5) is 8.95. The molecule has 0 saturated carbocycles. The van der Waals surface area contributed by atoms with E-state index in [4.69, 9.17) is 5.26 Å². The number of hydrogen-bond acceptors (Lipinski definition) is 8. The highest BCUT2D eigenvalue weighted by Gasteiger charge is 2.16. The summed E-state index contributed by atoms with van der Waals surface area (Å²) in [6.45, 7) is 6.43. The Morgan fingerprint density at radius 3 is 2.78 bits per heavy atom. The number of nitriles is 1. The molecule has 10 heteroatoms. The summed E-state index contributed by atoms with van der Waals surface area (Å²) < 4.78 is 3.33. The number of aryl methyl sites for hydroxylation is 1. The van der Waals surface area contributed by atoms with E-state index < -0.39 is 5.60 Å². The van der Waals surface area contributed by atoms with E-state index in [1.54, 1.807) is 41.7 Å². The number of hydrogen-bond donors (Lipinski definition) is 2. The number of nitrogens with one attached hydrogen (secondary N) is 1. The van der Waals surface area contributed by atoms with E-state index in [0.29, 0.717) is 29.9 Å². The van der Waals surface area contributed by atoms with Gasteiger partial charge in [-0.05, 0) is 39.2 Å². The van der Waals surface area contributed by atoms with Gasteiger partial charge in [-0.25, -0.2) is 14.6 Å². The number of aromatic nitrogens is 7. The third kappa shape index (κ3) is 4.58. The van der Waals surface area contributed by atoms with Gasteiger partial charge in [0.15, 0.2) is 11.5 Å². The molecule has 0 aliphatic rings. The van der Waals surface area contributed by atoms with Crippen LogP contribution >= 0.6 is 0 Å². The molecule has 10 nitrogen and oxygen atoms in total. The quantitative estimate of drug-likeness (QED) is 0.435. The minimum Gasteiger partial charge on any atom is -0.390 e. The Morgan fingerprint density at radius 2 is 2.03 bits per heavy atom. The summed E-state index contributed by atoms with van der Waals surface area (Å²) in [5.74, 6) is 0.599. The van der Waals surface area contributed by atoms with Gasteiger partial charge >= 0.3 is 0 Å². The SMILES string of the molecule is CCCNc1cc(-n2ncc3cc(C#N)cnc32)ncc1-n1cc(CCC(C)(C)O)nn1. The summed E-state index contributed by atoms with van der Waals surface area (Å²) in [5, 5.41) is 36.2. The van der Waals surface area contributed by atoms with E-state index in [2.05, 4.69) is 43.7 Å². The molecule has 0 radical (unpaired) electrons. The highest BCUT2D eigenvalue weighted by Crippen LogP contribution is 2.24. The summed E-state index contributed by atoms with van der Waals surface area (Å²) in [6, 6.07) is 5.74. The van der Waals surface area contributed by atoms with Gasteiger partial charge in [-0.2, -0.15) is 15.0 Å². The number of aliphatic hydroxyl groups is 1. The van der Waals surface area contributed by atoms with E-state index in [1.807, 2.05) is 12.3 Å². The highest BCUT2D eigenvalue weighted by atomic mass is 16.3. The second kappa shape index (κ2) is 8.72. The van der Waals surface area contributed by atoms with E-state index in [-0.39, 0.29) is 0 Å². The molecule has 4 aromatic rings. The Hall–Kier alpha value is -3.84. The molecule has 32 heavy (non-hydrogen) atoms. The predicted octanol–water partition coefficient (Wildman–Crippen LogP) is 2.79. The number of nitrogens with zero attached hydrogens (tertiary/aromatic N) is 8. The topological polar surface area (TPSA) is 130 Å². The van der Waals surface area contributed by atoms with Gasteiger partial charge in [-0.1, -0.05) is 12.1 Å². The fourth-order valence-corrected chi connectivity index (χ4v) is 3.25. The third-order valence-corrected chi connectivity index (χ3v) is 4.97. The maximum Gasteiger partial charge on any atom is 0.164 e. The van der Waals surface area contributed by atoms with Crippen molar-refractivity contribution in [3.63, 3.8) is 0 Å². The van der Waals surface area contributed by atoms with Crippen LogP contribution in [0, 0.1) is 11.3 Å². The maximum absolute atomic E-state index is 9.97. The van der Waals surface area contributed by atoms with Crippen molar-refractivity contribution in [3.8, 4) is 17.6 Å². The molecule has 0 aliphatic carbocycles. The van der Waals surface area contributed by atoms with E-state index in [1.165, 1.54) is 6.20 Å². The molecule has 0 saturated heterocycles. The molecule has 0 atom stereocenters. The Bertz CT molecular complexity index is 1280. The molecule has 0 amide bonds. The zero-order chi connectivity index (χ0) is 22.7. The average Bonchev–Trinajstić information content (AvgIpc) is 3.42. The van der Waals surface area contributed by atoms with Crippen molar-refractivity contribution in [1.29, 1.82) is 5.26 Å². The summed E-state index contributed by atoms with van der Waals surface area (Å²) in [5.41, 5.74) is 2.76. The summed E-state index contributed by atoms with van der Waals surface area (Å²) in [7, 11) is 0. The lowest BCUT2D eigenvalue weighted by Crippen LogP contribution is -2.19. The van der Waals surface area contributed by atoms with Crippen LogP contribution in [0.2, 0.25) is 0 Å². The van der Waals surface area contributed by atoms with E-state index in [0.717, 1.165) is 35.4 Å². The van der Waals surface area contributed by atoms with Crippen LogP contribution in [-0.2, 0) is 6.42 Å².